The minimum atomic E-state index is -3.30. The molecular weight excluding hydrogens is 412 g/mol. The van der Waals surface area contributed by atoms with E-state index in [4.69, 9.17) is 0 Å². The zero-order chi connectivity index (χ0) is 20.6. The van der Waals surface area contributed by atoms with E-state index in [9.17, 15) is 13.2 Å². The first-order chi connectivity index (χ1) is 13.8. The van der Waals surface area contributed by atoms with Gasteiger partial charge in [0.05, 0.1) is 15.5 Å². The first-order valence-corrected chi connectivity index (χ1v) is 11.2. The molecule has 148 valence electrons. The van der Waals surface area contributed by atoms with Crippen molar-refractivity contribution in [3.8, 4) is 16.3 Å². The molecule has 0 bridgehead atoms. The maximum Gasteiger partial charge on any atom is 0.267 e. The van der Waals surface area contributed by atoms with E-state index in [0.717, 1.165) is 16.0 Å². The fourth-order valence-corrected chi connectivity index (χ4v) is 4.20. The molecule has 0 aliphatic heterocycles. The molecule has 0 N–H and O–H groups in total. The molecule has 3 aromatic heterocycles. The molecule has 29 heavy (non-hydrogen) atoms. The van der Waals surface area contributed by atoms with Crippen molar-refractivity contribution < 1.29 is 8.42 Å². The van der Waals surface area contributed by atoms with Crippen molar-refractivity contribution in [2.45, 2.75) is 18.4 Å². The third-order valence-electron chi connectivity index (χ3n) is 4.19. The van der Waals surface area contributed by atoms with Gasteiger partial charge in [-0.15, -0.1) is 16.4 Å². The van der Waals surface area contributed by atoms with Crippen molar-refractivity contribution >= 4 is 21.2 Å². The smallest absolute Gasteiger partial charge is 0.267 e. The summed E-state index contributed by atoms with van der Waals surface area (Å²) in [7, 11) is -3.30. The number of aryl methyl sites for hydroxylation is 1. The van der Waals surface area contributed by atoms with E-state index in [2.05, 4.69) is 20.6 Å². The molecule has 1 aromatic carbocycles. The second-order valence-corrected chi connectivity index (χ2v) is 9.70. The summed E-state index contributed by atoms with van der Waals surface area (Å²) in [6, 6.07) is 13.3. The van der Waals surface area contributed by atoms with Crippen molar-refractivity contribution in [2.75, 3.05) is 6.26 Å². The van der Waals surface area contributed by atoms with Gasteiger partial charge in [0.15, 0.2) is 15.7 Å². The summed E-state index contributed by atoms with van der Waals surface area (Å²) in [4.78, 5) is 14.6. The molecule has 0 atom stereocenters. The Hall–Kier alpha value is -3.18. The van der Waals surface area contributed by atoms with Gasteiger partial charge in [-0.25, -0.2) is 13.1 Å². The van der Waals surface area contributed by atoms with Gasteiger partial charge in [0.25, 0.3) is 5.56 Å². The highest BCUT2D eigenvalue weighted by Crippen LogP contribution is 2.25. The Kier molecular flexibility index (Phi) is 4.84. The molecule has 0 amide bonds. The molecule has 0 aliphatic rings. The predicted molar refractivity (Wildman–Crippen MR) is 108 cm³/mol. The number of hydrogen-bond acceptors (Lipinski definition) is 8. The Morgan fingerprint density at radius 2 is 1.79 bits per heavy atom. The van der Waals surface area contributed by atoms with Crippen molar-refractivity contribution in [2.24, 2.45) is 0 Å². The van der Waals surface area contributed by atoms with Crippen LogP contribution in [-0.4, -0.2) is 44.7 Å². The summed E-state index contributed by atoms with van der Waals surface area (Å²) < 4.78 is 26.0. The largest absolute Gasteiger partial charge is 0.268 e. The topological polar surface area (TPSA) is 113 Å². The third-order valence-corrected chi connectivity index (χ3v) is 6.35. The van der Waals surface area contributed by atoms with Gasteiger partial charge in [-0.1, -0.05) is 0 Å². The molecule has 0 saturated heterocycles. The summed E-state index contributed by atoms with van der Waals surface area (Å²) in [5, 5.41) is 16.1. The maximum absolute atomic E-state index is 12.3. The monoisotopic (exact) mass is 428 g/mol. The van der Waals surface area contributed by atoms with Crippen LogP contribution < -0.4 is 5.56 Å². The molecule has 4 rings (SSSR count). The van der Waals surface area contributed by atoms with Crippen molar-refractivity contribution in [3.63, 3.8) is 0 Å². The van der Waals surface area contributed by atoms with Crippen LogP contribution in [-0.2, 0) is 16.4 Å². The van der Waals surface area contributed by atoms with Gasteiger partial charge < -0.3 is 0 Å². The minimum absolute atomic E-state index is 0.0673. The lowest BCUT2D eigenvalue weighted by Gasteiger charge is -2.08. The summed E-state index contributed by atoms with van der Waals surface area (Å²) >= 11 is 1.59. The molecule has 9 nitrogen and oxygen atoms in total. The van der Waals surface area contributed by atoms with Crippen LogP contribution in [0.15, 0.2) is 58.2 Å². The minimum Gasteiger partial charge on any atom is -0.268 e. The van der Waals surface area contributed by atoms with E-state index < -0.39 is 9.84 Å². The highest BCUT2D eigenvalue weighted by atomic mass is 32.2. The lowest BCUT2D eigenvalue weighted by molar-refractivity contribution is 0.600. The first-order valence-electron chi connectivity index (χ1n) is 8.54. The van der Waals surface area contributed by atoms with Crippen LogP contribution in [0.1, 0.15) is 10.7 Å². The second-order valence-electron chi connectivity index (χ2n) is 6.40. The van der Waals surface area contributed by atoms with E-state index in [1.165, 1.54) is 27.6 Å². The van der Waals surface area contributed by atoms with Crippen LogP contribution in [0.25, 0.3) is 16.3 Å². The number of thiophene rings is 1. The molecule has 4 aromatic rings. The number of rotatable bonds is 5. The van der Waals surface area contributed by atoms with Gasteiger partial charge in [-0.3, -0.25) is 4.79 Å². The van der Waals surface area contributed by atoms with E-state index in [1.807, 2.05) is 19.1 Å². The Morgan fingerprint density at radius 3 is 2.45 bits per heavy atom. The molecule has 0 unspecified atom stereocenters. The van der Waals surface area contributed by atoms with E-state index in [1.54, 1.807) is 29.5 Å². The number of benzene rings is 1. The maximum atomic E-state index is 12.3. The molecular formula is C18H16N6O3S2. The zero-order valence-corrected chi connectivity index (χ0v) is 17.2. The Balaban J connectivity index is 1.67. The van der Waals surface area contributed by atoms with Gasteiger partial charge in [0.1, 0.15) is 12.2 Å². The van der Waals surface area contributed by atoms with Gasteiger partial charge >= 0.3 is 0 Å². The summed E-state index contributed by atoms with van der Waals surface area (Å²) in [5.74, 6) is 0.395. The second kappa shape index (κ2) is 7.33. The quantitative estimate of drug-likeness (QED) is 0.475. The summed E-state index contributed by atoms with van der Waals surface area (Å²) in [6.45, 7) is 2.07. The number of aromatic nitrogens is 6. The average Bonchev–Trinajstić information content (AvgIpc) is 3.32. The van der Waals surface area contributed by atoms with E-state index in [0.29, 0.717) is 17.2 Å². The van der Waals surface area contributed by atoms with Gasteiger partial charge in [0.2, 0.25) is 0 Å². The fourth-order valence-electron chi connectivity index (χ4n) is 2.74. The van der Waals surface area contributed by atoms with Gasteiger partial charge in [-0.05, 0) is 59.8 Å². The number of tetrazole rings is 1. The number of nitrogens with zero attached hydrogens (tertiary/aromatic N) is 6. The lowest BCUT2D eigenvalue weighted by atomic mass is 10.3. The van der Waals surface area contributed by atoms with Crippen LogP contribution in [0.2, 0.25) is 0 Å². The normalized spacial score (nSPS) is 11.7. The average molecular weight is 428 g/mol. The van der Waals surface area contributed by atoms with Crippen molar-refractivity contribution in [1.82, 2.24) is 30.0 Å². The third kappa shape index (κ3) is 4.00. The molecule has 0 spiro atoms. The van der Waals surface area contributed by atoms with Gasteiger partial charge in [0, 0.05) is 17.2 Å². The van der Waals surface area contributed by atoms with Crippen molar-refractivity contribution in [1.29, 1.82) is 0 Å². The molecule has 0 radical (unpaired) electrons. The highest BCUT2D eigenvalue weighted by molar-refractivity contribution is 7.90. The first kappa shape index (κ1) is 19.2. The summed E-state index contributed by atoms with van der Waals surface area (Å²) in [6.07, 6.45) is 1.14. The van der Waals surface area contributed by atoms with E-state index in [-0.39, 0.29) is 17.0 Å². The standard InChI is InChI=1S/C18H16N6O3S2/c1-12-3-9-16(28-12)15-8-10-18(25)23(20-15)11-17-19-21-22-24(17)13-4-6-14(7-5-13)29(2,26)27/h3-10H,11H2,1-2H3. The number of sulfone groups is 1. The van der Waals surface area contributed by atoms with Crippen LogP contribution in [0.5, 0.6) is 0 Å². The number of hydrogen-bond donors (Lipinski definition) is 0. The van der Waals surface area contributed by atoms with Crippen LogP contribution in [0.3, 0.4) is 0 Å². The Labute approximate surface area is 170 Å². The van der Waals surface area contributed by atoms with Gasteiger partial charge in [-0.2, -0.15) is 9.78 Å². The summed E-state index contributed by atoms with van der Waals surface area (Å²) in [5.41, 5.74) is 0.999. The molecule has 0 fully saturated rings. The predicted octanol–water partition coefficient (Wildman–Crippen LogP) is 1.71. The molecule has 11 heteroatoms. The molecule has 0 aliphatic carbocycles. The lowest BCUT2D eigenvalue weighted by Crippen LogP contribution is -2.24. The molecule has 3 heterocycles. The highest BCUT2D eigenvalue weighted by Gasteiger charge is 2.13. The van der Waals surface area contributed by atoms with E-state index >= 15 is 0 Å². The molecule has 0 saturated carbocycles. The van der Waals surface area contributed by atoms with Crippen LogP contribution in [0.4, 0.5) is 0 Å². The SMILES string of the molecule is Cc1ccc(-c2ccc(=O)n(Cc3nnnn3-c3ccc(S(C)(=O)=O)cc3)n2)s1. The zero-order valence-electron chi connectivity index (χ0n) is 15.6. The van der Waals surface area contributed by atoms with Crippen molar-refractivity contribution in [3.05, 3.63) is 69.6 Å². The Bertz CT molecular complexity index is 1340. The fraction of sp³-hybridized carbons (Fsp3) is 0.167. The Morgan fingerprint density at radius 1 is 1.03 bits per heavy atom. The van der Waals surface area contributed by atoms with Crippen LogP contribution >= 0.6 is 11.3 Å². The van der Waals surface area contributed by atoms with Crippen LogP contribution in [0, 0.1) is 6.92 Å².